The number of nitrogens with zero attached hydrogens (tertiary/aromatic N) is 5. The summed E-state index contributed by atoms with van der Waals surface area (Å²) in [5.74, 6) is 2.37. The smallest absolute Gasteiger partial charge is 0.272 e. The van der Waals surface area contributed by atoms with Crippen LogP contribution >= 0.6 is 0 Å². The molecule has 1 aliphatic heterocycles. The molecule has 3 heterocycles. The molecule has 0 N–H and O–H groups in total. The Bertz CT molecular complexity index is 1040. The maximum Gasteiger partial charge on any atom is 0.272 e. The topological polar surface area (TPSA) is 89.9 Å². The second kappa shape index (κ2) is 9.51. The van der Waals surface area contributed by atoms with E-state index in [0.29, 0.717) is 54.8 Å². The summed E-state index contributed by atoms with van der Waals surface area (Å²) in [6.07, 6.45) is 1.63. The summed E-state index contributed by atoms with van der Waals surface area (Å²) in [6, 6.07) is 12.9. The molecule has 0 bridgehead atoms. The molecule has 0 atom stereocenters. The maximum absolute atomic E-state index is 12.6. The van der Waals surface area contributed by atoms with Gasteiger partial charge in [0.15, 0.2) is 17.3 Å². The molecule has 9 heteroatoms. The zero-order valence-electron chi connectivity index (χ0n) is 18.3. The Balaban J connectivity index is 1.45. The Morgan fingerprint density at radius 3 is 2.12 bits per heavy atom. The number of anilines is 1. The fourth-order valence-electron chi connectivity index (χ4n) is 3.67. The number of hydrogen-bond donors (Lipinski definition) is 0. The van der Waals surface area contributed by atoms with E-state index in [0.717, 1.165) is 11.4 Å². The number of methoxy groups -OCH3 is 3. The van der Waals surface area contributed by atoms with Crippen molar-refractivity contribution in [2.75, 3.05) is 52.4 Å². The van der Waals surface area contributed by atoms with Crippen molar-refractivity contribution in [3.8, 4) is 28.5 Å². The molecular formula is C23H25N5O4. The largest absolute Gasteiger partial charge is 0.493 e. The standard InChI is InChI=1S/C23H25N5O4/c1-30-19-14-16(15-20(31-2)22(19)32-3)17-7-8-21(26-25-17)27-10-12-28(13-11-27)23(29)18-6-4-5-9-24-18/h4-9,14-15H,10-13H2,1-3H3. The van der Waals surface area contributed by atoms with Crippen molar-refractivity contribution < 1.29 is 19.0 Å². The number of rotatable bonds is 6. The van der Waals surface area contributed by atoms with Crippen LogP contribution in [-0.4, -0.2) is 73.5 Å². The Morgan fingerprint density at radius 1 is 0.875 bits per heavy atom. The van der Waals surface area contributed by atoms with E-state index >= 15 is 0 Å². The maximum atomic E-state index is 12.6. The molecule has 0 radical (unpaired) electrons. The monoisotopic (exact) mass is 435 g/mol. The highest BCUT2D eigenvalue weighted by Crippen LogP contribution is 2.40. The fraction of sp³-hybridized carbons (Fsp3) is 0.304. The SMILES string of the molecule is COc1cc(-c2ccc(N3CCN(C(=O)c4ccccn4)CC3)nn2)cc(OC)c1OC. The first-order chi connectivity index (χ1) is 15.6. The van der Waals surface area contributed by atoms with Crippen LogP contribution in [0.5, 0.6) is 17.2 Å². The van der Waals surface area contributed by atoms with Crippen LogP contribution < -0.4 is 19.1 Å². The summed E-state index contributed by atoms with van der Waals surface area (Å²) < 4.78 is 16.2. The first kappa shape index (κ1) is 21.4. The van der Waals surface area contributed by atoms with Gasteiger partial charge in [0.1, 0.15) is 5.69 Å². The molecule has 0 spiro atoms. The van der Waals surface area contributed by atoms with E-state index in [-0.39, 0.29) is 5.91 Å². The first-order valence-corrected chi connectivity index (χ1v) is 10.2. The highest BCUT2D eigenvalue weighted by atomic mass is 16.5. The highest BCUT2D eigenvalue weighted by molar-refractivity contribution is 5.92. The van der Waals surface area contributed by atoms with Crippen molar-refractivity contribution in [1.29, 1.82) is 0 Å². The van der Waals surface area contributed by atoms with Gasteiger partial charge in [0.2, 0.25) is 5.75 Å². The number of carbonyl (C=O) groups excluding carboxylic acids is 1. The molecule has 1 fully saturated rings. The van der Waals surface area contributed by atoms with E-state index in [2.05, 4.69) is 20.1 Å². The number of benzene rings is 1. The molecule has 9 nitrogen and oxygen atoms in total. The van der Waals surface area contributed by atoms with Gasteiger partial charge >= 0.3 is 0 Å². The van der Waals surface area contributed by atoms with Crippen molar-refractivity contribution in [3.63, 3.8) is 0 Å². The molecule has 1 saturated heterocycles. The van der Waals surface area contributed by atoms with Gasteiger partial charge in [0.25, 0.3) is 5.91 Å². The highest BCUT2D eigenvalue weighted by Gasteiger charge is 2.24. The number of piperazine rings is 1. The molecule has 1 aromatic carbocycles. The molecule has 0 saturated carbocycles. The Hall–Kier alpha value is -3.88. The van der Waals surface area contributed by atoms with Crippen LogP contribution in [0.15, 0.2) is 48.7 Å². The first-order valence-electron chi connectivity index (χ1n) is 10.2. The van der Waals surface area contributed by atoms with Gasteiger partial charge in [0.05, 0.1) is 27.0 Å². The number of ether oxygens (including phenoxy) is 3. The lowest BCUT2D eigenvalue weighted by molar-refractivity contribution is 0.0740. The van der Waals surface area contributed by atoms with E-state index in [1.54, 1.807) is 39.7 Å². The van der Waals surface area contributed by atoms with Gasteiger partial charge in [-0.2, -0.15) is 0 Å². The number of aromatic nitrogens is 3. The van der Waals surface area contributed by atoms with E-state index in [9.17, 15) is 4.79 Å². The Labute approximate surface area is 186 Å². The van der Waals surface area contributed by atoms with Crippen molar-refractivity contribution in [1.82, 2.24) is 20.1 Å². The van der Waals surface area contributed by atoms with Gasteiger partial charge < -0.3 is 24.0 Å². The third-order valence-corrected chi connectivity index (χ3v) is 5.39. The van der Waals surface area contributed by atoms with Crippen LogP contribution in [0.25, 0.3) is 11.3 Å². The summed E-state index contributed by atoms with van der Waals surface area (Å²) >= 11 is 0. The molecule has 0 aliphatic carbocycles. The van der Waals surface area contributed by atoms with Gasteiger partial charge in [-0.15, -0.1) is 10.2 Å². The van der Waals surface area contributed by atoms with Crippen LogP contribution in [0.1, 0.15) is 10.5 Å². The molecular weight excluding hydrogens is 410 g/mol. The molecule has 166 valence electrons. The predicted molar refractivity (Wildman–Crippen MR) is 119 cm³/mol. The lowest BCUT2D eigenvalue weighted by Crippen LogP contribution is -2.49. The van der Waals surface area contributed by atoms with Crippen LogP contribution in [0.2, 0.25) is 0 Å². The van der Waals surface area contributed by atoms with E-state index in [1.807, 2.05) is 35.2 Å². The van der Waals surface area contributed by atoms with Crippen LogP contribution in [0.3, 0.4) is 0 Å². The molecule has 1 amide bonds. The lowest BCUT2D eigenvalue weighted by Gasteiger charge is -2.35. The molecule has 0 unspecified atom stereocenters. The minimum atomic E-state index is -0.0471. The molecule has 1 aliphatic rings. The van der Waals surface area contributed by atoms with Crippen molar-refractivity contribution in [2.45, 2.75) is 0 Å². The summed E-state index contributed by atoms with van der Waals surface area (Å²) in [4.78, 5) is 20.7. The van der Waals surface area contributed by atoms with Gasteiger partial charge in [-0.3, -0.25) is 9.78 Å². The average molecular weight is 435 g/mol. The van der Waals surface area contributed by atoms with E-state index in [1.165, 1.54) is 0 Å². The van der Waals surface area contributed by atoms with Crippen LogP contribution in [-0.2, 0) is 0 Å². The number of pyridine rings is 1. The van der Waals surface area contributed by atoms with Crippen LogP contribution in [0.4, 0.5) is 5.82 Å². The zero-order chi connectivity index (χ0) is 22.5. The molecule has 3 aromatic rings. The summed E-state index contributed by atoms with van der Waals surface area (Å²) in [5, 5.41) is 8.81. The minimum absolute atomic E-state index is 0.0471. The van der Waals surface area contributed by atoms with E-state index in [4.69, 9.17) is 14.2 Å². The summed E-state index contributed by atoms with van der Waals surface area (Å²) in [5.41, 5.74) is 1.97. The quantitative estimate of drug-likeness (QED) is 0.584. The number of carbonyl (C=O) groups is 1. The summed E-state index contributed by atoms with van der Waals surface area (Å²) in [6.45, 7) is 2.56. The third kappa shape index (κ3) is 4.27. The van der Waals surface area contributed by atoms with Crippen LogP contribution in [0, 0.1) is 0 Å². The molecule has 2 aromatic heterocycles. The molecule has 32 heavy (non-hydrogen) atoms. The Morgan fingerprint density at radius 2 is 1.59 bits per heavy atom. The lowest BCUT2D eigenvalue weighted by atomic mass is 10.1. The van der Waals surface area contributed by atoms with Gasteiger partial charge in [-0.05, 0) is 36.4 Å². The van der Waals surface area contributed by atoms with E-state index < -0.39 is 0 Å². The average Bonchev–Trinajstić information content (AvgIpc) is 2.88. The fourth-order valence-corrected chi connectivity index (χ4v) is 3.67. The molecule has 4 rings (SSSR count). The predicted octanol–water partition coefficient (Wildman–Crippen LogP) is 2.53. The zero-order valence-corrected chi connectivity index (χ0v) is 18.3. The van der Waals surface area contributed by atoms with Crippen molar-refractivity contribution in [3.05, 3.63) is 54.4 Å². The van der Waals surface area contributed by atoms with Crippen molar-refractivity contribution >= 4 is 11.7 Å². The van der Waals surface area contributed by atoms with Gasteiger partial charge in [-0.25, -0.2) is 0 Å². The van der Waals surface area contributed by atoms with Gasteiger partial charge in [0, 0.05) is 37.9 Å². The van der Waals surface area contributed by atoms with Crippen molar-refractivity contribution in [2.24, 2.45) is 0 Å². The minimum Gasteiger partial charge on any atom is -0.493 e. The third-order valence-electron chi connectivity index (χ3n) is 5.39. The number of hydrogen-bond acceptors (Lipinski definition) is 8. The summed E-state index contributed by atoms with van der Waals surface area (Å²) in [7, 11) is 4.72. The Kier molecular flexibility index (Phi) is 6.34. The number of amides is 1. The normalized spacial score (nSPS) is 13.6. The second-order valence-corrected chi connectivity index (χ2v) is 7.19. The van der Waals surface area contributed by atoms with Gasteiger partial charge in [-0.1, -0.05) is 6.07 Å². The second-order valence-electron chi connectivity index (χ2n) is 7.19.